The van der Waals surface area contributed by atoms with Crippen molar-refractivity contribution in [2.75, 3.05) is 33.7 Å². The SMILES string of the molecule is CNCc1cccc(CN2CCCN(C)CC2C)n1. The molecule has 0 spiro atoms. The summed E-state index contributed by atoms with van der Waals surface area (Å²) in [7, 11) is 4.17. The smallest absolute Gasteiger partial charge is 0.0547 e. The van der Waals surface area contributed by atoms with Crippen molar-refractivity contribution in [2.45, 2.75) is 32.5 Å². The summed E-state index contributed by atoms with van der Waals surface area (Å²) in [5.41, 5.74) is 2.31. The average molecular weight is 262 g/mol. The lowest BCUT2D eigenvalue weighted by molar-refractivity contribution is 0.192. The number of hydrogen-bond acceptors (Lipinski definition) is 4. The van der Waals surface area contributed by atoms with E-state index in [-0.39, 0.29) is 0 Å². The van der Waals surface area contributed by atoms with E-state index in [1.54, 1.807) is 0 Å². The van der Waals surface area contributed by atoms with Crippen molar-refractivity contribution in [1.29, 1.82) is 0 Å². The number of rotatable bonds is 4. The number of aromatic nitrogens is 1. The van der Waals surface area contributed by atoms with E-state index in [4.69, 9.17) is 4.98 Å². The van der Waals surface area contributed by atoms with Crippen LogP contribution < -0.4 is 5.32 Å². The van der Waals surface area contributed by atoms with Crippen LogP contribution in [0.5, 0.6) is 0 Å². The molecule has 4 heteroatoms. The molecular weight excluding hydrogens is 236 g/mol. The third kappa shape index (κ3) is 4.27. The first kappa shape index (κ1) is 14.4. The van der Waals surface area contributed by atoms with Gasteiger partial charge in [-0.25, -0.2) is 0 Å². The molecule has 0 radical (unpaired) electrons. The first-order chi connectivity index (χ1) is 9.19. The van der Waals surface area contributed by atoms with Crippen molar-refractivity contribution in [1.82, 2.24) is 20.1 Å². The van der Waals surface area contributed by atoms with Crippen molar-refractivity contribution in [3.63, 3.8) is 0 Å². The molecule has 1 unspecified atom stereocenters. The zero-order chi connectivity index (χ0) is 13.7. The van der Waals surface area contributed by atoms with Crippen molar-refractivity contribution in [3.8, 4) is 0 Å². The Morgan fingerprint density at radius 1 is 1.32 bits per heavy atom. The number of nitrogens with one attached hydrogen (secondary N) is 1. The zero-order valence-corrected chi connectivity index (χ0v) is 12.4. The van der Waals surface area contributed by atoms with Gasteiger partial charge >= 0.3 is 0 Å². The van der Waals surface area contributed by atoms with Crippen molar-refractivity contribution < 1.29 is 0 Å². The molecule has 1 N–H and O–H groups in total. The Morgan fingerprint density at radius 3 is 2.89 bits per heavy atom. The summed E-state index contributed by atoms with van der Waals surface area (Å²) in [5.74, 6) is 0. The fourth-order valence-electron chi connectivity index (χ4n) is 2.76. The first-order valence-corrected chi connectivity index (χ1v) is 7.21. The fourth-order valence-corrected chi connectivity index (χ4v) is 2.76. The minimum absolute atomic E-state index is 0.599. The molecule has 1 fully saturated rings. The molecule has 2 heterocycles. The van der Waals surface area contributed by atoms with Gasteiger partial charge in [-0.1, -0.05) is 6.07 Å². The summed E-state index contributed by atoms with van der Waals surface area (Å²) < 4.78 is 0. The topological polar surface area (TPSA) is 31.4 Å². The van der Waals surface area contributed by atoms with Crippen molar-refractivity contribution in [2.24, 2.45) is 0 Å². The van der Waals surface area contributed by atoms with Gasteiger partial charge in [0.05, 0.1) is 11.4 Å². The van der Waals surface area contributed by atoms with Crippen LogP contribution in [0.3, 0.4) is 0 Å². The molecule has 0 amide bonds. The highest BCUT2D eigenvalue weighted by molar-refractivity contribution is 5.11. The Morgan fingerprint density at radius 2 is 2.11 bits per heavy atom. The van der Waals surface area contributed by atoms with E-state index >= 15 is 0 Å². The van der Waals surface area contributed by atoms with Gasteiger partial charge in [0.25, 0.3) is 0 Å². The summed E-state index contributed by atoms with van der Waals surface area (Å²) >= 11 is 0. The van der Waals surface area contributed by atoms with E-state index in [0.29, 0.717) is 6.04 Å². The zero-order valence-electron chi connectivity index (χ0n) is 12.4. The molecule has 19 heavy (non-hydrogen) atoms. The van der Waals surface area contributed by atoms with Crippen LogP contribution >= 0.6 is 0 Å². The van der Waals surface area contributed by atoms with Gasteiger partial charge < -0.3 is 10.2 Å². The summed E-state index contributed by atoms with van der Waals surface area (Å²) in [4.78, 5) is 9.70. The first-order valence-electron chi connectivity index (χ1n) is 7.21. The molecular formula is C15H26N4. The summed E-state index contributed by atoms with van der Waals surface area (Å²) in [5, 5.41) is 3.16. The third-order valence-electron chi connectivity index (χ3n) is 3.77. The van der Waals surface area contributed by atoms with E-state index in [0.717, 1.165) is 25.3 Å². The molecule has 4 nitrogen and oxygen atoms in total. The van der Waals surface area contributed by atoms with Gasteiger partial charge in [-0.3, -0.25) is 9.88 Å². The van der Waals surface area contributed by atoms with E-state index in [1.165, 1.54) is 25.2 Å². The molecule has 106 valence electrons. The van der Waals surface area contributed by atoms with Gasteiger partial charge in [-0.15, -0.1) is 0 Å². The molecule has 0 saturated carbocycles. The number of hydrogen-bond donors (Lipinski definition) is 1. The lowest BCUT2D eigenvalue weighted by Gasteiger charge is -2.27. The quantitative estimate of drug-likeness (QED) is 0.887. The fraction of sp³-hybridized carbons (Fsp3) is 0.667. The highest BCUT2D eigenvalue weighted by Gasteiger charge is 2.19. The predicted octanol–water partition coefficient (Wildman–Crippen LogP) is 1.33. The number of likely N-dealkylation sites (N-methyl/N-ethyl adjacent to an activating group) is 1. The van der Waals surface area contributed by atoms with E-state index in [9.17, 15) is 0 Å². The molecule has 1 aliphatic heterocycles. The molecule has 2 rings (SSSR count). The Labute approximate surface area is 116 Å². The Bertz CT molecular complexity index is 393. The van der Waals surface area contributed by atoms with Gasteiger partial charge in [-0.2, -0.15) is 0 Å². The monoisotopic (exact) mass is 262 g/mol. The molecule has 0 bridgehead atoms. The van der Waals surface area contributed by atoms with E-state index < -0.39 is 0 Å². The van der Waals surface area contributed by atoms with Gasteiger partial charge in [-0.05, 0) is 46.1 Å². The van der Waals surface area contributed by atoms with Crippen LogP contribution in [0.1, 0.15) is 24.7 Å². The predicted molar refractivity (Wildman–Crippen MR) is 79.0 cm³/mol. The highest BCUT2D eigenvalue weighted by atomic mass is 15.2. The van der Waals surface area contributed by atoms with Gasteiger partial charge in [0.15, 0.2) is 0 Å². The van der Waals surface area contributed by atoms with Crippen LogP contribution in [0.2, 0.25) is 0 Å². The van der Waals surface area contributed by atoms with Crippen LogP contribution in [-0.4, -0.2) is 54.6 Å². The second-order valence-electron chi connectivity index (χ2n) is 5.59. The van der Waals surface area contributed by atoms with Crippen LogP contribution in [0.25, 0.3) is 0 Å². The minimum atomic E-state index is 0.599. The molecule has 1 aliphatic rings. The van der Waals surface area contributed by atoms with Crippen LogP contribution in [0.15, 0.2) is 18.2 Å². The molecule has 1 atom stereocenters. The standard InChI is InChI=1S/C15H26N4/c1-13-11-18(3)8-5-9-19(13)12-15-7-4-6-14(17-15)10-16-2/h4,6-7,13,16H,5,8-12H2,1-3H3. The maximum Gasteiger partial charge on any atom is 0.0547 e. The Balaban J connectivity index is 2.01. The Kier molecular flexibility index (Phi) is 5.31. The molecule has 1 aromatic heterocycles. The normalized spacial score (nSPS) is 22.4. The van der Waals surface area contributed by atoms with Gasteiger partial charge in [0, 0.05) is 32.2 Å². The van der Waals surface area contributed by atoms with Crippen LogP contribution in [-0.2, 0) is 13.1 Å². The van der Waals surface area contributed by atoms with Gasteiger partial charge in [0.2, 0.25) is 0 Å². The van der Waals surface area contributed by atoms with Crippen molar-refractivity contribution >= 4 is 0 Å². The number of nitrogens with zero attached hydrogens (tertiary/aromatic N) is 3. The largest absolute Gasteiger partial charge is 0.314 e. The lowest BCUT2D eigenvalue weighted by atomic mass is 10.2. The van der Waals surface area contributed by atoms with Crippen LogP contribution in [0.4, 0.5) is 0 Å². The maximum absolute atomic E-state index is 4.72. The second-order valence-corrected chi connectivity index (χ2v) is 5.59. The lowest BCUT2D eigenvalue weighted by Crippen LogP contribution is -2.37. The van der Waals surface area contributed by atoms with Gasteiger partial charge in [0.1, 0.15) is 0 Å². The minimum Gasteiger partial charge on any atom is -0.314 e. The second kappa shape index (κ2) is 6.98. The average Bonchev–Trinajstić information content (AvgIpc) is 2.52. The number of pyridine rings is 1. The Hall–Kier alpha value is -0.970. The van der Waals surface area contributed by atoms with Crippen LogP contribution in [0, 0.1) is 0 Å². The maximum atomic E-state index is 4.72. The molecule has 0 aliphatic carbocycles. The van der Waals surface area contributed by atoms with Crippen molar-refractivity contribution in [3.05, 3.63) is 29.6 Å². The summed E-state index contributed by atoms with van der Waals surface area (Å²) in [6, 6.07) is 6.94. The molecule has 0 aromatic carbocycles. The summed E-state index contributed by atoms with van der Waals surface area (Å²) in [6.45, 7) is 7.64. The highest BCUT2D eigenvalue weighted by Crippen LogP contribution is 2.12. The van der Waals surface area contributed by atoms with E-state index in [2.05, 4.69) is 47.3 Å². The third-order valence-corrected chi connectivity index (χ3v) is 3.77. The van der Waals surface area contributed by atoms with E-state index in [1.807, 2.05) is 7.05 Å². The molecule has 1 aromatic rings. The molecule has 1 saturated heterocycles. The summed E-state index contributed by atoms with van der Waals surface area (Å²) in [6.07, 6.45) is 1.25.